The summed E-state index contributed by atoms with van der Waals surface area (Å²) in [5, 5.41) is 12.0. The highest BCUT2D eigenvalue weighted by Crippen LogP contribution is 2.36. The third kappa shape index (κ3) is 6.73. The van der Waals surface area contributed by atoms with E-state index >= 15 is 0 Å². The molecule has 0 aromatic heterocycles. The second-order valence-corrected chi connectivity index (χ2v) is 8.59. The molecule has 10 heteroatoms. The summed E-state index contributed by atoms with van der Waals surface area (Å²) >= 11 is 0. The molecule has 3 rings (SSSR count). The number of aryl methyl sites for hydroxylation is 1. The van der Waals surface area contributed by atoms with Crippen LogP contribution in [0.25, 0.3) is 0 Å². The van der Waals surface area contributed by atoms with Gasteiger partial charge in [-0.1, -0.05) is 24.3 Å². The van der Waals surface area contributed by atoms with Crippen molar-refractivity contribution in [2.24, 2.45) is 5.73 Å². The Balaban J connectivity index is 1.66. The maximum atomic E-state index is 12.7. The van der Waals surface area contributed by atoms with Crippen molar-refractivity contribution in [3.8, 4) is 17.2 Å². The predicted octanol–water partition coefficient (Wildman–Crippen LogP) is 4.05. The number of para-hydroxylation sites is 1. The van der Waals surface area contributed by atoms with E-state index in [9.17, 15) is 14.4 Å². The third-order valence-corrected chi connectivity index (χ3v) is 5.73. The summed E-state index contributed by atoms with van der Waals surface area (Å²) in [5.41, 5.74) is 8.41. The fraction of sp³-hybridized carbons (Fsp3) is 0.250. The van der Waals surface area contributed by atoms with Crippen LogP contribution < -0.4 is 30.2 Å². The van der Waals surface area contributed by atoms with E-state index in [1.165, 1.54) is 37.3 Å². The van der Waals surface area contributed by atoms with Crippen LogP contribution in [0.2, 0.25) is 0 Å². The summed E-state index contributed by atoms with van der Waals surface area (Å²) in [6.45, 7) is 3.80. The summed E-state index contributed by atoms with van der Waals surface area (Å²) in [7, 11) is 2.90. The van der Waals surface area contributed by atoms with E-state index in [1.807, 2.05) is 25.1 Å². The number of nitrogens with two attached hydrogens (primary N) is 1. The van der Waals surface area contributed by atoms with Gasteiger partial charge >= 0.3 is 12.0 Å². The van der Waals surface area contributed by atoms with Crippen LogP contribution in [-0.4, -0.2) is 49.9 Å². The molecule has 0 spiro atoms. The summed E-state index contributed by atoms with van der Waals surface area (Å²) in [4.78, 5) is 37.5. The zero-order valence-corrected chi connectivity index (χ0v) is 21.7. The van der Waals surface area contributed by atoms with E-state index in [0.29, 0.717) is 28.4 Å². The number of rotatable bonds is 11. The molecule has 0 aliphatic rings. The van der Waals surface area contributed by atoms with Gasteiger partial charge in [0.1, 0.15) is 12.4 Å². The minimum atomic E-state index is -1.07. The summed E-state index contributed by atoms with van der Waals surface area (Å²) in [6, 6.07) is 15.8. The Labute approximate surface area is 220 Å². The minimum Gasteiger partial charge on any atom is -0.495 e. The summed E-state index contributed by atoms with van der Waals surface area (Å²) < 4.78 is 16.5. The lowest BCUT2D eigenvalue weighted by Gasteiger charge is -2.24. The Morgan fingerprint density at radius 3 is 2.29 bits per heavy atom. The van der Waals surface area contributed by atoms with Gasteiger partial charge in [-0.2, -0.15) is 0 Å². The molecule has 0 aliphatic carbocycles. The number of hydrogen-bond donors (Lipinski definition) is 3. The smallest absolute Gasteiger partial charge is 0.335 e. The molecule has 0 aliphatic heterocycles. The van der Waals surface area contributed by atoms with Crippen LogP contribution in [0.15, 0.2) is 60.7 Å². The fourth-order valence-electron chi connectivity index (χ4n) is 3.89. The number of carboxylic acid groups (broad SMARTS) is 1. The van der Waals surface area contributed by atoms with E-state index < -0.39 is 12.0 Å². The first-order valence-electron chi connectivity index (χ1n) is 11.8. The number of aromatic carboxylic acids is 1. The molecular weight excluding hydrogens is 490 g/mol. The molecule has 3 aromatic carbocycles. The van der Waals surface area contributed by atoms with Crippen molar-refractivity contribution in [3.63, 3.8) is 0 Å². The van der Waals surface area contributed by atoms with Crippen molar-refractivity contribution in [3.05, 3.63) is 77.4 Å². The number of nitrogens with one attached hydrogen (secondary N) is 1. The number of anilines is 2. The quantitative estimate of drug-likeness (QED) is 0.346. The Morgan fingerprint density at radius 2 is 1.66 bits per heavy atom. The first-order chi connectivity index (χ1) is 18.1. The second-order valence-electron chi connectivity index (χ2n) is 8.59. The molecule has 4 N–H and O–H groups in total. The number of methoxy groups -OCH3 is 2. The molecule has 0 heterocycles. The molecule has 0 saturated carbocycles. The Bertz CT molecular complexity index is 1330. The van der Waals surface area contributed by atoms with Gasteiger partial charge < -0.3 is 30.4 Å². The number of benzene rings is 3. The monoisotopic (exact) mass is 521 g/mol. The van der Waals surface area contributed by atoms with Crippen LogP contribution in [0.4, 0.5) is 16.2 Å². The number of carbonyl (C=O) groups is 3. The van der Waals surface area contributed by atoms with Gasteiger partial charge in [-0.3, -0.25) is 9.69 Å². The van der Waals surface area contributed by atoms with E-state index in [-0.39, 0.29) is 36.3 Å². The van der Waals surface area contributed by atoms with Gasteiger partial charge in [-0.15, -0.1) is 0 Å². The highest BCUT2D eigenvalue weighted by Gasteiger charge is 2.21. The summed E-state index contributed by atoms with van der Waals surface area (Å²) in [6.07, 6.45) is 0.0680. The standard InChI is InChI=1S/C28H31N3O7/c1-17-7-5-6-8-21(17)31(28(29)35)22-11-9-19(13-24(22)36-3)14-26(32)30-18(2)16-38-23-12-10-20(27(33)34)15-25(23)37-4/h5-13,15,18H,14,16H2,1-4H3,(H2,29,35)(H,30,32)(H,33,34)/t18-/m1/s1. The minimum absolute atomic E-state index is 0.0680. The maximum Gasteiger partial charge on any atom is 0.335 e. The molecule has 38 heavy (non-hydrogen) atoms. The van der Waals surface area contributed by atoms with Crippen LogP contribution in [0.3, 0.4) is 0 Å². The van der Waals surface area contributed by atoms with Crippen molar-refractivity contribution in [1.29, 1.82) is 0 Å². The molecule has 200 valence electrons. The highest BCUT2D eigenvalue weighted by molar-refractivity contribution is 6.00. The first kappa shape index (κ1) is 27.9. The molecular formula is C28H31N3O7. The number of ether oxygens (including phenoxy) is 3. The highest BCUT2D eigenvalue weighted by atomic mass is 16.5. The molecule has 10 nitrogen and oxygen atoms in total. The van der Waals surface area contributed by atoms with Gasteiger partial charge in [0.05, 0.1) is 43.6 Å². The number of carboxylic acids is 1. The van der Waals surface area contributed by atoms with Gasteiger partial charge in [0.2, 0.25) is 5.91 Å². The number of amides is 3. The van der Waals surface area contributed by atoms with E-state index in [2.05, 4.69) is 5.32 Å². The number of hydrogen-bond acceptors (Lipinski definition) is 6. The van der Waals surface area contributed by atoms with Crippen LogP contribution in [-0.2, 0) is 11.2 Å². The molecule has 0 fully saturated rings. The SMILES string of the molecule is COc1cc(C(=O)O)ccc1OC[C@@H](C)NC(=O)Cc1ccc(N(C(N)=O)c2ccccc2C)c(OC)c1. The molecule has 0 unspecified atom stereocenters. The van der Waals surface area contributed by atoms with Crippen molar-refractivity contribution < 1.29 is 33.7 Å². The molecule has 3 amide bonds. The zero-order valence-electron chi connectivity index (χ0n) is 21.7. The Kier molecular flexibility index (Phi) is 9.15. The van der Waals surface area contributed by atoms with Gasteiger partial charge in [0, 0.05) is 0 Å². The lowest BCUT2D eigenvalue weighted by molar-refractivity contribution is -0.121. The Hall–Kier alpha value is -4.73. The lowest BCUT2D eigenvalue weighted by atomic mass is 10.1. The van der Waals surface area contributed by atoms with Crippen LogP contribution in [0.5, 0.6) is 17.2 Å². The van der Waals surface area contributed by atoms with E-state index in [4.69, 9.17) is 25.1 Å². The molecule has 0 saturated heterocycles. The van der Waals surface area contributed by atoms with Crippen LogP contribution in [0.1, 0.15) is 28.4 Å². The molecule has 0 radical (unpaired) electrons. The topological polar surface area (TPSA) is 140 Å². The second kappa shape index (κ2) is 12.5. The van der Waals surface area contributed by atoms with Gasteiger partial charge in [0.25, 0.3) is 0 Å². The molecule has 1 atom stereocenters. The normalized spacial score (nSPS) is 11.3. The predicted molar refractivity (Wildman–Crippen MR) is 143 cm³/mol. The van der Waals surface area contributed by atoms with Crippen molar-refractivity contribution in [2.75, 3.05) is 25.7 Å². The average Bonchev–Trinajstić information content (AvgIpc) is 2.88. The third-order valence-electron chi connectivity index (χ3n) is 5.73. The first-order valence-corrected chi connectivity index (χ1v) is 11.8. The van der Waals surface area contributed by atoms with E-state index in [1.54, 1.807) is 31.2 Å². The van der Waals surface area contributed by atoms with Gasteiger partial charge in [-0.05, 0) is 61.4 Å². The van der Waals surface area contributed by atoms with Gasteiger partial charge in [-0.25, -0.2) is 9.59 Å². The van der Waals surface area contributed by atoms with Crippen LogP contribution >= 0.6 is 0 Å². The Morgan fingerprint density at radius 1 is 0.947 bits per heavy atom. The maximum absolute atomic E-state index is 12.7. The number of carbonyl (C=O) groups excluding carboxylic acids is 2. The number of primary amides is 1. The van der Waals surface area contributed by atoms with Crippen molar-refractivity contribution >= 4 is 29.3 Å². The lowest BCUT2D eigenvalue weighted by Crippen LogP contribution is -2.37. The molecule has 3 aromatic rings. The average molecular weight is 522 g/mol. The molecule has 0 bridgehead atoms. The fourth-order valence-corrected chi connectivity index (χ4v) is 3.89. The van der Waals surface area contributed by atoms with Gasteiger partial charge in [0.15, 0.2) is 11.5 Å². The van der Waals surface area contributed by atoms with Crippen LogP contribution in [0, 0.1) is 6.92 Å². The summed E-state index contributed by atoms with van der Waals surface area (Å²) in [5.74, 6) is -0.268. The largest absolute Gasteiger partial charge is 0.495 e. The van der Waals surface area contributed by atoms with E-state index in [0.717, 1.165) is 5.56 Å². The number of nitrogens with zero attached hydrogens (tertiary/aromatic N) is 1. The number of urea groups is 1. The van der Waals surface area contributed by atoms with Crippen molar-refractivity contribution in [2.45, 2.75) is 26.3 Å². The van der Waals surface area contributed by atoms with Crippen molar-refractivity contribution in [1.82, 2.24) is 5.32 Å². The zero-order chi connectivity index (χ0) is 27.8.